The SMILES string of the molecule is CC(C)CC(CC1CCC1)C(=O)O. The Kier molecular flexibility index (Phi) is 3.76. The van der Waals surface area contributed by atoms with Crippen LogP contribution in [0.1, 0.15) is 46.0 Å². The predicted molar refractivity (Wildman–Crippen MR) is 52.5 cm³/mol. The van der Waals surface area contributed by atoms with Crippen LogP contribution < -0.4 is 0 Å². The number of hydrogen-bond donors (Lipinski definition) is 1. The van der Waals surface area contributed by atoms with E-state index in [2.05, 4.69) is 13.8 Å². The van der Waals surface area contributed by atoms with Crippen LogP contribution in [-0.4, -0.2) is 11.1 Å². The first-order chi connectivity index (χ1) is 6.09. The zero-order chi connectivity index (χ0) is 9.84. The average molecular weight is 184 g/mol. The molecule has 1 aliphatic carbocycles. The molecule has 0 aliphatic heterocycles. The second kappa shape index (κ2) is 4.64. The minimum Gasteiger partial charge on any atom is -0.481 e. The Morgan fingerprint density at radius 1 is 1.46 bits per heavy atom. The van der Waals surface area contributed by atoms with E-state index in [0.717, 1.165) is 12.8 Å². The van der Waals surface area contributed by atoms with Gasteiger partial charge in [0.25, 0.3) is 0 Å². The number of carbonyl (C=O) groups is 1. The molecule has 1 fully saturated rings. The number of carboxylic acid groups (broad SMARTS) is 1. The van der Waals surface area contributed by atoms with Crippen molar-refractivity contribution in [2.45, 2.75) is 46.0 Å². The molecule has 76 valence electrons. The Morgan fingerprint density at radius 2 is 2.08 bits per heavy atom. The van der Waals surface area contributed by atoms with Crippen LogP contribution in [0.5, 0.6) is 0 Å². The normalized spacial score (nSPS) is 19.9. The maximum absolute atomic E-state index is 10.9. The highest BCUT2D eigenvalue weighted by molar-refractivity contribution is 5.69. The minimum atomic E-state index is -0.597. The molecule has 1 atom stereocenters. The van der Waals surface area contributed by atoms with Crippen molar-refractivity contribution in [3.05, 3.63) is 0 Å². The molecule has 0 saturated heterocycles. The lowest BCUT2D eigenvalue weighted by Gasteiger charge is -2.28. The van der Waals surface area contributed by atoms with Gasteiger partial charge in [0.2, 0.25) is 0 Å². The van der Waals surface area contributed by atoms with Crippen LogP contribution in [0.4, 0.5) is 0 Å². The molecule has 0 aromatic rings. The van der Waals surface area contributed by atoms with Gasteiger partial charge in [0.15, 0.2) is 0 Å². The largest absolute Gasteiger partial charge is 0.481 e. The molecular weight excluding hydrogens is 164 g/mol. The van der Waals surface area contributed by atoms with Gasteiger partial charge < -0.3 is 5.11 Å². The van der Waals surface area contributed by atoms with Crippen LogP contribution in [0.25, 0.3) is 0 Å². The second-order valence-corrected chi connectivity index (χ2v) is 4.70. The fraction of sp³-hybridized carbons (Fsp3) is 0.909. The molecule has 1 rings (SSSR count). The quantitative estimate of drug-likeness (QED) is 0.713. The number of carboxylic acids is 1. The highest BCUT2D eigenvalue weighted by Gasteiger charge is 2.26. The van der Waals surface area contributed by atoms with Gasteiger partial charge in [0, 0.05) is 0 Å². The number of aliphatic carboxylic acids is 1. The molecule has 0 aromatic heterocycles. The Morgan fingerprint density at radius 3 is 2.38 bits per heavy atom. The molecule has 0 bridgehead atoms. The predicted octanol–water partition coefficient (Wildman–Crippen LogP) is 2.92. The zero-order valence-electron chi connectivity index (χ0n) is 8.62. The van der Waals surface area contributed by atoms with Crippen LogP contribution in [-0.2, 0) is 4.79 Å². The van der Waals surface area contributed by atoms with Crippen LogP contribution >= 0.6 is 0 Å². The molecule has 1 saturated carbocycles. The molecule has 0 aromatic carbocycles. The van der Waals surface area contributed by atoms with Crippen molar-refractivity contribution in [3.8, 4) is 0 Å². The first-order valence-electron chi connectivity index (χ1n) is 5.32. The third-order valence-corrected chi connectivity index (χ3v) is 2.95. The number of rotatable bonds is 5. The zero-order valence-corrected chi connectivity index (χ0v) is 8.62. The lowest BCUT2D eigenvalue weighted by Crippen LogP contribution is -2.23. The molecular formula is C11H20O2. The van der Waals surface area contributed by atoms with Gasteiger partial charge in [0.05, 0.1) is 5.92 Å². The summed E-state index contributed by atoms with van der Waals surface area (Å²) in [6.45, 7) is 4.19. The summed E-state index contributed by atoms with van der Waals surface area (Å²) < 4.78 is 0. The van der Waals surface area contributed by atoms with E-state index in [-0.39, 0.29) is 5.92 Å². The highest BCUT2D eigenvalue weighted by atomic mass is 16.4. The topological polar surface area (TPSA) is 37.3 Å². The van der Waals surface area contributed by atoms with E-state index in [1.165, 1.54) is 19.3 Å². The summed E-state index contributed by atoms with van der Waals surface area (Å²) in [6.07, 6.45) is 5.56. The van der Waals surface area contributed by atoms with E-state index in [1.54, 1.807) is 0 Å². The lowest BCUT2D eigenvalue weighted by molar-refractivity contribution is -0.143. The maximum atomic E-state index is 10.9. The van der Waals surface area contributed by atoms with E-state index >= 15 is 0 Å². The molecule has 2 heteroatoms. The molecule has 0 radical (unpaired) electrons. The third kappa shape index (κ3) is 3.37. The summed E-state index contributed by atoms with van der Waals surface area (Å²) in [4.78, 5) is 10.9. The van der Waals surface area contributed by atoms with E-state index < -0.39 is 5.97 Å². The first kappa shape index (κ1) is 10.6. The number of hydrogen-bond acceptors (Lipinski definition) is 1. The molecule has 0 amide bonds. The van der Waals surface area contributed by atoms with Crippen LogP contribution in [0, 0.1) is 17.8 Å². The summed E-state index contributed by atoms with van der Waals surface area (Å²) in [5.74, 6) is 0.520. The highest BCUT2D eigenvalue weighted by Crippen LogP contribution is 2.34. The molecule has 1 unspecified atom stereocenters. The fourth-order valence-corrected chi connectivity index (χ4v) is 2.00. The van der Waals surface area contributed by atoms with Crippen LogP contribution in [0.15, 0.2) is 0 Å². The van der Waals surface area contributed by atoms with Gasteiger partial charge >= 0.3 is 5.97 Å². The van der Waals surface area contributed by atoms with Crippen molar-refractivity contribution in [2.24, 2.45) is 17.8 Å². The van der Waals surface area contributed by atoms with Crippen LogP contribution in [0.3, 0.4) is 0 Å². The summed E-state index contributed by atoms with van der Waals surface area (Å²) in [7, 11) is 0. The Labute approximate surface area is 80.3 Å². The summed E-state index contributed by atoms with van der Waals surface area (Å²) >= 11 is 0. The Bertz CT molecular complexity index is 171. The van der Waals surface area contributed by atoms with Crippen molar-refractivity contribution in [3.63, 3.8) is 0 Å². The Hall–Kier alpha value is -0.530. The summed E-state index contributed by atoms with van der Waals surface area (Å²) in [5.41, 5.74) is 0. The van der Waals surface area contributed by atoms with Gasteiger partial charge in [-0.25, -0.2) is 0 Å². The van der Waals surface area contributed by atoms with Gasteiger partial charge in [-0.05, 0) is 24.7 Å². The van der Waals surface area contributed by atoms with E-state index in [1.807, 2.05) is 0 Å². The molecule has 0 heterocycles. The van der Waals surface area contributed by atoms with E-state index in [0.29, 0.717) is 11.8 Å². The Balaban J connectivity index is 2.32. The summed E-state index contributed by atoms with van der Waals surface area (Å²) in [5, 5.41) is 8.99. The van der Waals surface area contributed by atoms with Crippen molar-refractivity contribution < 1.29 is 9.90 Å². The van der Waals surface area contributed by atoms with Crippen LogP contribution in [0.2, 0.25) is 0 Å². The molecule has 2 nitrogen and oxygen atoms in total. The second-order valence-electron chi connectivity index (χ2n) is 4.70. The standard InChI is InChI=1S/C11H20O2/c1-8(2)6-10(11(12)13)7-9-4-3-5-9/h8-10H,3-7H2,1-2H3,(H,12,13). The summed E-state index contributed by atoms with van der Waals surface area (Å²) in [6, 6.07) is 0. The monoisotopic (exact) mass is 184 g/mol. The molecule has 1 aliphatic rings. The minimum absolute atomic E-state index is 0.0923. The average Bonchev–Trinajstić information content (AvgIpc) is 1.92. The van der Waals surface area contributed by atoms with Gasteiger partial charge in [0.1, 0.15) is 0 Å². The van der Waals surface area contributed by atoms with Gasteiger partial charge in [-0.3, -0.25) is 4.79 Å². The third-order valence-electron chi connectivity index (χ3n) is 2.95. The van der Waals surface area contributed by atoms with E-state index in [9.17, 15) is 4.79 Å². The molecule has 0 spiro atoms. The van der Waals surface area contributed by atoms with Gasteiger partial charge in [-0.2, -0.15) is 0 Å². The van der Waals surface area contributed by atoms with Crippen molar-refractivity contribution in [1.82, 2.24) is 0 Å². The van der Waals surface area contributed by atoms with Crippen molar-refractivity contribution in [1.29, 1.82) is 0 Å². The van der Waals surface area contributed by atoms with Crippen molar-refractivity contribution in [2.75, 3.05) is 0 Å². The maximum Gasteiger partial charge on any atom is 0.306 e. The van der Waals surface area contributed by atoms with Gasteiger partial charge in [-0.1, -0.05) is 33.1 Å². The van der Waals surface area contributed by atoms with Gasteiger partial charge in [-0.15, -0.1) is 0 Å². The smallest absolute Gasteiger partial charge is 0.306 e. The van der Waals surface area contributed by atoms with Crippen molar-refractivity contribution >= 4 is 5.97 Å². The fourth-order valence-electron chi connectivity index (χ4n) is 2.00. The molecule has 1 N–H and O–H groups in total. The molecule has 13 heavy (non-hydrogen) atoms. The first-order valence-corrected chi connectivity index (χ1v) is 5.32. The lowest BCUT2D eigenvalue weighted by atomic mass is 9.77. The van der Waals surface area contributed by atoms with E-state index in [4.69, 9.17) is 5.11 Å².